The molecule has 170 valence electrons. The Morgan fingerprint density at radius 3 is 2.55 bits per heavy atom. The molecule has 4 aromatic rings. The van der Waals surface area contributed by atoms with Gasteiger partial charge in [0.25, 0.3) is 5.91 Å². The van der Waals surface area contributed by atoms with Gasteiger partial charge in [-0.05, 0) is 36.8 Å². The van der Waals surface area contributed by atoms with E-state index in [1.54, 1.807) is 0 Å². The van der Waals surface area contributed by atoms with Crippen LogP contribution in [0.15, 0.2) is 60.8 Å². The van der Waals surface area contributed by atoms with E-state index in [4.69, 9.17) is 4.98 Å². The molecule has 33 heavy (non-hydrogen) atoms. The SMILES string of the molecule is Cc1nc(C(Cc2c[nH]c3ccccc23)NC(=O)c2cccc(N(C)C)c2)cc(N(C)C)n1. The van der Waals surface area contributed by atoms with E-state index in [0.717, 1.165) is 33.7 Å². The van der Waals surface area contributed by atoms with E-state index in [9.17, 15) is 4.79 Å². The van der Waals surface area contributed by atoms with Crippen molar-refractivity contribution in [1.82, 2.24) is 20.3 Å². The monoisotopic (exact) mass is 442 g/mol. The molecule has 7 heteroatoms. The number of benzene rings is 2. The zero-order valence-corrected chi connectivity index (χ0v) is 19.8. The van der Waals surface area contributed by atoms with Crippen molar-refractivity contribution in [1.29, 1.82) is 0 Å². The summed E-state index contributed by atoms with van der Waals surface area (Å²) in [5.74, 6) is 1.35. The number of fused-ring (bicyclic) bond motifs is 1. The van der Waals surface area contributed by atoms with Crippen molar-refractivity contribution in [3.05, 3.63) is 83.4 Å². The second-order valence-electron chi connectivity index (χ2n) is 8.63. The van der Waals surface area contributed by atoms with Crippen LogP contribution in [0.1, 0.15) is 33.5 Å². The van der Waals surface area contributed by atoms with Crippen LogP contribution in [0.3, 0.4) is 0 Å². The molecular formula is C26H30N6O. The predicted molar refractivity (Wildman–Crippen MR) is 134 cm³/mol. The second kappa shape index (κ2) is 9.32. The molecule has 0 aliphatic rings. The number of carbonyl (C=O) groups is 1. The minimum Gasteiger partial charge on any atom is -0.378 e. The number of nitrogens with one attached hydrogen (secondary N) is 2. The number of H-pyrrole nitrogens is 1. The summed E-state index contributed by atoms with van der Waals surface area (Å²) in [5.41, 5.74) is 4.57. The molecule has 2 aromatic heterocycles. The highest BCUT2D eigenvalue weighted by Crippen LogP contribution is 2.26. The maximum atomic E-state index is 13.3. The van der Waals surface area contributed by atoms with Gasteiger partial charge in [-0.3, -0.25) is 4.79 Å². The minimum atomic E-state index is -0.319. The van der Waals surface area contributed by atoms with Gasteiger partial charge in [0.15, 0.2) is 0 Å². The predicted octanol–water partition coefficient (Wildman–Crippen LogP) is 4.11. The zero-order valence-electron chi connectivity index (χ0n) is 19.8. The molecule has 0 saturated heterocycles. The van der Waals surface area contributed by atoms with Gasteiger partial charge in [0.1, 0.15) is 11.6 Å². The van der Waals surface area contributed by atoms with E-state index in [-0.39, 0.29) is 11.9 Å². The average molecular weight is 443 g/mol. The van der Waals surface area contributed by atoms with Crippen LogP contribution in [0.2, 0.25) is 0 Å². The first-order chi connectivity index (χ1) is 15.8. The summed E-state index contributed by atoms with van der Waals surface area (Å²) >= 11 is 0. The van der Waals surface area contributed by atoms with Crippen molar-refractivity contribution in [2.45, 2.75) is 19.4 Å². The number of carbonyl (C=O) groups excluding carboxylic acids is 1. The van der Waals surface area contributed by atoms with E-state index in [1.807, 2.05) is 93.6 Å². The number of hydrogen-bond donors (Lipinski definition) is 2. The summed E-state index contributed by atoms with van der Waals surface area (Å²) in [6.45, 7) is 1.88. The van der Waals surface area contributed by atoms with Crippen molar-refractivity contribution in [2.24, 2.45) is 0 Å². The molecule has 2 aromatic carbocycles. The van der Waals surface area contributed by atoms with Gasteiger partial charge < -0.3 is 20.1 Å². The first-order valence-electron chi connectivity index (χ1n) is 11.0. The Balaban J connectivity index is 1.71. The van der Waals surface area contributed by atoms with E-state index >= 15 is 0 Å². The molecule has 0 saturated carbocycles. The van der Waals surface area contributed by atoms with Gasteiger partial charge in [-0.2, -0.15) is 0 Å². The topological polar surface area (TPSA) is 77.2 Å². The fourth-order valence-corrected chi connectivity index (χ4v) is 3.90. The summed E-state index contributed by atoms with van der Waals surface area (Å²) in [6, 6.07) is 17.4. The summed E-state index contributed by atoms with van der Waals surface area (Å²) in [7, 11) is 7.82. The Morgan fingerprint density at radius 1 is 1.00 bits per heavy atom. The van der Waals surface area contributed by atoms with Gasteiger partial charge >= 0.3 is 0 Å². The number of para-hydroxylation sites is 1. The Hall–Kier alpha value is -3.87. The van der Waals surface area contributed by atoms with Gasteiger partial charge in [-0.1, -0.05) is 24.3 Å². The number of rotatable bonds is 7. The maximum absolute atomic E-state index is 13.3. The quantitative estimate of drug-likeness (QED) is 0.450. The Kier molecular flexibility index (Phi) is 6.31. The van der Waals surface area contributed by atoms with Crippen LogP contribution in [-0.4, -0.2) is 49.0 Å². The normalized spacial score (nSPS) is 11.9. The molecule has 0 radical (unpaired) electrons. The molecule has 0 bridgehead atoms. The third-order valence-electron chi connectivity index (χ3n) is 5.69. The first-order valence-corrected chi connectivity index (χ1v) is 11.0. The molecule has 1 amide bonds. The van der Waals surface area contributed by atoms with Crippen molar-refractivity contribution >= 4 is 28.3 Å². The van der Waals surface area contributed by atoms with Crippen LogP contribution < -0.4 is 15.1 Å². The Labute approximate surface area is 194 Å². The van der Waals surface area contributed by atoms with Crippen LogP contribution in [0.4, 0.5) is 11.5 Å². The molecular weight excluding hydrogens is 412 g/mol. The number of aromatic nitrogens is 3. The highest BCUT2D eigenvalue weighted by Gasteiger charge is 2.21. The van der Waals surface area contributed by atoms with Gasteiger partial charge in [0, 0.05) is 69.0 Å². The van der Waals surface area contributed by atoms with E-state index in [1.165, 1.54) is 0 Å². The summed E-state index contributed by atoms with van der Waals surface area (Å²) in [4.78, 5) is 29.8. The fraction of sp³-hybridized carbons (Fsp3) is 0.269. The number of nitrogens with zero attached hydrogens (tertiary/aromatic N) is 4. The molecule has 1 unspecified atom stereocenters. The maximum Gasteiger partial charge on any atom is 0.251 e. The number of anilines is 2. The molecule has 2 heterocycles. The second-order valence-corrected chi connectivity index (χ2v) is 8.63. The van der Waals surface area contributed by atoms with Crippen LogP contribution >= 0.6 is 0 Å². The lowest BCUT2D eigenvalue weighted by atomic mass is 10.0. The molecule has 2 N–H and O–H groups in total. The lowest BCUT2D eigenvalue weighted by Gasteiger charge is -2.21. The standard InChI is InChI=1S/C26H30N6O/c1-17-28-24(15-25(29-17)32(4)5)23(14-19-16-27-22-12-7-6-11-21(19)22)30-26(33)18-9-8-10-20(13-18)31(2)3/h6-13,15-16,23,27H,14H2,1-5H3,(H,30,33). The smallest absolute Gasteiger partial charge is 0.251 e. The third kappa shape index (κ3) is 4.98. The van der Waals surface area contributed by atoms with Crippen molar-refractivity contribution in [3.8, 4) is 0 Å². The number of hydrogen-bond acceptors (Lipinski definition) is 5. The van der Waals surface area contributed by atoms with E-state index in [2.05, 4.69) is 27.4 Å². The van der Waals surface area contributed by atoms with Crippen LogP contribution in [0.5, 0.6) is 0 Å². The van der Waals surface area contributed by atoms with Gasteiger partial charge in [0.2, 0.25) is 0 Å². The molecule has 0 fully saturated rings. The summed E-state index contributed by atoms with van der Waals surface area (Å²) in [5, 5.41) is 4.38. The Morgan fingerprint density at radius 2 is 1.79 bits per heavy atom. The summed E-state index contributed by atoms with van der Waals surface area (Å²) < 4.78 is 0. The molecule has 0 aliphatic carbocycles. The van der Waals surface area contributed by atoms with E-state index in [0.29, 0.717) is 17.8 Å². The van der Waals surface area contributed by atoms with E-state index < -0.39 is 0 Å². The molecule has 1 atom stereocenters. The molecule has 0 spiro atoms. The van der Waals surface area contributed by atoms with Crippen molar-refractivity contribution < 1.29 is 4.79 Å². The first kappa shape index (κ1) is 22.3. The lowest BCUT2D eigenvalue weighted by molar-refractivity contribution is 0.0935. The number of amides is 1. The number of aromatic amines is 1. The summed E-state index contributed by atoms with van der Waals surface area (Å²) in [6.07, 6.45) is 2.61. The van der Waals surface area contributed by atoms with Crippen LogP contribution in [0, 0.1) is 6.92 Å². The number of aryl methyl sites for hydroxylation is 1. The minimum absolute atomic E-state index is 0.133. The van der Waals surface area contributed by atoms with Gasteiger partial charge in [-0.25, -0.2) is 9.97 Å². The molecule has 0 aliphatic heterocycles. The van der Waals surface area contributed by atoms with Crippen molar-refractivity contribution in [3.63, 3.8) is 0 Å². The average Bonchev–Trinajstić information content (AvgIpc) is 3.21. The van der Waals surface area contributed by atoms with Gasteiger partial charge in [0.05, 0.1) is 11.7 Å². The molecule has 7 nitrogen and oxygen atoms in total. The van der Waals surface area contributed by atoms with Gasteiger partial charge in [-0.15, -0.1) is 0 Å². The van der Waals surface area contributed by atoms with Crippen molar-refractivity contribution in [2.75, 3.05) is 38.0 Å². The fourth-order valence-electron chi connectivity index (χ4n) is 3.90. The Bertz CT molecular complexity index is 1280. The van der Waals surface area contributed by atoms with Crippen LogP contribution in [-0.2, 0) is 6.42 Å². The van der Waals surface area contributed by atoms with Crippen LogP contribution in [0.25, 0.3) is 10.9 Å². The molecule has 4 rings (SSSR count). The highest BCUT2D eigenvalue weighted by molar-refractivity contribution is 5.95. The largest absolute Gasteiger partial charge is 0.378 e. The third-order valence-corrected chi connectivity index (χ3v) is 5.69. The lowest BCUT2D eigenvalue weighted by Crippen LogP contribution is -2.31. The highest BCUT2D eigenvalue weighted by atomic mass is 16.1. The zero-order chi connectivity index (χ0) is 23.5.